The summed E-state index contributed by atoms with van der Waals surface area (Å²) < 4.78 is 11.6. The monoisotopic (exact) mass is 298 g/mol. The number of hydrogen-bond acceptors (Lipinski definition) is 2. The van der Waals surface area contributed by atoms with Gasteiger partial charge in [0.15, 0.2) is 6.79 Å². The Bertz CT molecular complexity index is 413. The average Bonchev–Trinajstić information content (AvgIpc) is 2.24. The fourth-order valence-corrected chi connectivity index (χ4v) is 3.66. The Morgan fingerprint density at radius 3 is 2.82 bits per heavy atom. The van der Waals surface area contributed by atoms with E-state index in [1.165, 1.54) is 24.0 Å². The van der Waals surface area contributed by atoms with E-state index >= 15 is 0 Å². The van der Waals surface area contributed by atoms with Gasteiger partial charge in [-0.2, -0.15) is 0 Å². The first-order chi connectivity index (χ1) is 8.04. The van der Waals surface area contributed by atoms with Gasteiger partial charge in [-0.15, -0.1) is 0 Å². The summed E-state index contributed by atoms with van der Waals surface area (Å²) in [5, 5.41) is 0. The summed E-state index contributed by atoms with van der Waals surface area (Å²) >= 11 is 3.68. The summed E-state index contributed by atoms with van der Waals surface area (Å²) in [4.78, 5) is 0. The summed E-state index contributed by atoms with van der Waals surface area (Å²) in [5.41, 5.74) is 3.10. The van der Waals surface area contributed by atoms with Crippen LogP contribution in [0.25, 0.3) is 0 Å². The third kappa shape index (κ3) is 2.66. The first-order valence-corrected chi connectivity index (χ1v) is 6.78. The first-order valence-electron chi connectivity index (χ1n) is 5.99. The molecule has 0 fully saturated rings. The lowest BCUT2D eigenvalue weighted by Gasteiger charge is -2.33. The molecular formula is C14H19BrO2. The van der Waals surface area contributed by atoms with Gasteiger partial charge in [-0.25, -0.2) is 0 Å². The van der Waals surface area contributed by atoms with E-state index in [1.807, 2.05) is 6.07 Å². The Balaban J connectivity index is 2.37. The second-order valence-corrected chi connectivity index (χ2v) is 6.08. The van der Waals surface area contributed by atoms with Gasteiger partial charge in [0.2, 0.25) is 0 Å². The van der Waals surface area contributed by atoms with Crippen molar-refractivity contribution < 1.29 is 9.47 Å². The number of halogens is 1. The Kier molecular flexibility index (Phi) is 3.79. The second kappa shape index (κ2) is 4.99. The van der Waals surface area contributed by atoms with Gasteiger partial charge in [-0.05, 0) is 47.9 Å². The van der Waals surface area contributed by atoms with Crippen LogP contribution in [-0.2, 0) is 16.6 Å². The van der Waals surface area contributed by atoms with Crippen molar-refractivity contribution in [2.24, 2.45) is 0 Å². The molecule has 3 heteroatoms. The summed E-state index contributed by atoms with van der Waals surface area (Å²) in [5.74, 6) is 0.884. The van der Waals surface area contributed by atoms with Crippen LogP contribution in [-0.4, -0.2) is 13.9 Å². The summed E-state index contributed by atoms with van der Waals surface area (Å²) in [6.45, 7) is 4.92. The predicted molar refractivity (Wildman–Crippen MR) is 72.6 cm³/mol. The number of aryl methyl sites for hydroxylation is 1. The van der Waals surface area contributed by atoms with Crippen molar-refractivity contribution in [3.05, 3.63) is 27.7 Å². The molecule has 0 spiro atoms. The highest BCUT2D eigenvalue weighted by molar-refractivity contribution is 9.10. The van der Waals surface area contributed by atoms with Crippen molar-refractivity contribution >= 4 is 15.9 Å². The predicted octanol–water partition coefficient (Wildman–Crippen LogP) is 4.05. The van der Waals surface area contributed by atoms with Crippen molar-refractivity contribution in [2.75, 3.05) is 13.9 Å². The molecule has 94 valence electrons. The van der Waals surface area contributed by atoms with Crippen LogP contribution < -0.4 is 4.74 Å². The van der Waals surface area contributed by atoms with Crippen LogP contribution in [0.1, 0.15) is 37.8 Å². The van der Waals surface area contributed by atoms with E-state index in [4.69, 9.17) is 9.47 Å². The Morgan fingerprint density at radius 2 is 2.12 bits per heavy atom. The van der Waals surface area contributed by atoms with Gasteiger partial charge in [-0.1, -0.05) is 29.8 Å². The van der Waals surface area contributed by atoms with E-state index in [1.54, 1.807) is 7.11 Å². The summed E-state index contributed by atoms with van der Waals surface area (Å²) in [6.07, 6.45) is 3.64. The minimum atomic E-state index is 0.256. The van der Waals surface area contributed by atoms with Crippen LogP contribution in [0.15, 0.2) is 16.6 Å². The molecule has 0 saturated carbocycles. The van der Waals surface area contributed by atoms with Crippen LogP contribution in [0.5, 0.6) is 5.75 Å². The van der Waals surface area contributed by atoms with Crippen molar-refractivity contribution in [3.63, 3.8) is 0 Å². The highest BCUT2D eigenvalue weighted by atomic mass is 79.9. The average molecular weight is 299 g/mol. The van der Waals surface area contributed by atoms with Crippen molar-refractivity contribution in [2.45, 2.75) is 38.5 Å². The molecular weight excluding hydrogens is 280 g/mol. The Labute approximate surface area is 111 Å². The molecule has 1 aliphatic carbocycles. The van der Waals surface area contributed by atoms with Crippen LogP contribution in [0.4, 0.5) is 0 Å². The van der Waals surface area contributed by atoms with Gasteiger partial charge in [0.25, 0.3) is 0 Å². The Morgan fingerprint density at radius 1 is 1.35 bits per heavy atom. The molecule has 0 unspecified atom stereocenters. The summed E-state index contributed by atoms with van der Waals surface area (Å²) in [7, 11) is 1.64. The van der Waals surface area contributed by atoms with E-state index in [2.05, 4.69) is 35.8 Å². The van der Waals surface area contributed by atoms with Crippen molar-refractivity contribution in [3.8, 4) is 5.75 Å². The van der Waals surface area contributed by atoms with E-state index in [9.17, 15) is 0 Å². The zero-order valence-electron chi connectivity index (χ0n) is 10.7. The fourth-order valence-electron chi connectivity index (χ4n) is 2.65. The molecule has 0 aromatic heterocycles. The van der Waals surface area contributed by atoms with Gasteiger partial charge in [-0.3, -0.25) is 0 Å². The van der Waals surface area contributed by atoms with Crippen molar-refractivity contribution in [1.82, 2.24) is 0 Å². The number of methoxy groups -OCH3 is 1. The normalized spacial score (nSPS) is 17.6. The zero-order chi connectivity index (χ0) is 12.5. The van der Waals surface area contributed by atoms with Crippen LogP contribution in [0.2, 0.25) is 0 Å². The highest BCUT2D eigenvalue weighted by Gasteiger charge is 2.29. The molecule has 0 atom stereocenters. The third-order valence-corrected chi connectivity index (χ3v) is 4.04. The maximum atomic E-state index is 5.52. The van der Waals surface area contributed by atoms with E-state index in [0.717, 1.165) is 16.6 Å². The van der Waals surface area contributed by atoms with Gasteiger partial charge in [0.1, 0.15) is 5.75 Å². The molecule has 2 rings (SSSR count). The zero-order valence-corrected chi connectivity index (χ0v) is 12.3. The highest BCUT2D eigenvalue weighted by Crippen LogP contribution is 2.42. The van der Waals surface area contributed by atoms with Crippen LogP contribution in [0, 0.1) is 0 Å². The van der Waals surface area contributed by atoms with E-state index < -0.39 is 0 Å². The van der Waals surface area contributed by atoms with E-state index in [0.29, 0.717) is 6.79 Å². The quantitative estimate of drug-likeness (QED) is 0.784. The summed E-state index contributed by atoms with van der Waals surface area (Å²) in [6, 6.07) is 4.20. The van der Waals surface area contributed by atoms with E-state index in [-0.39, 0.29) is 5.41 Å². The van der Waals surface area contributed by atoms with Gasteiger partial charge < -0.3 is 9.47 Å². The smallest absolute Gasteiger partial charge is 0.188 e. The number of hydrogen-bond donors (Lipinski definition) is 0. The number of ether oxygens (including phenoxy) is 2. The molecule has 0 N–H and O–H groups in total. The molecule has 0 bridgehead atoms. The maximum Gasteiger partial charge on any atom is 0.188 e. The Hall–Kier alpha value is -0.540. The lowest BCUT2D eigenvalue weighted by Crippen LogP contribution is -2.24. The van der Waals surface area contributed by atoms with Crippen LogP contribution >= 0.6 is 15.9 Å². The molecule has 1 aromatic carbocycles. The lowest BCUT2D eigenvalue weighted by molar-refractivity contribution is 0.0510. The minimum Gasteiger partial charge on any atom is -0.468 e. The maximum absolute atomic E-state index is 5.52. The number of rotatable bonds is 3. The third-order valence-electron chi connectivity index (χ3n) is 3.41. The molecule has 0 saturated heterocycles. The molecule has 17 heavy (non-hydrogen) atoms. The molecule has 0 aliphatic heterocycles. The first kappa shape index (κ1) is 12.9. The largest absolute Gasteiger partial charge is 0.468 e. The SMILES string of the molecule is COCOc1cc(Br)c2c(c1)CCCC2(C)C. The molecule has 1 aliphatic rings. The molecule has 0 heterocycles. The lowest BCUT2D eigenvalue weighted by atomic mass is 9.73. The number of benzene rings is 1. The second-order valence-electron chi connectivity index (χ2n) is 5.23. The van der Waals surface area contributed by atoms with Gasteiger partial charge in [0, 0.05) is 11.6 Å². The minimum absolute atomic E-state index is 0.256. The molecule has 0 amide bonds. The van der Waals surface area contributed by atoms with Crippen molar-refractivity contribution in [1.29, 1.82) is 0 Å². The molecule has 0 radical (unpaired) electrons. The fraction of sp³-hybridized carbons (Fsp3) is 0.571. The van der Waals surface area contributed by atoms with Gasteiger partial charge >= 0.3 is 0 Å². The van der Waals surface area contributed by atoms with Crippen LogP contribution in [0.3, 0.4) is 0 Å². The number of fused-ring (bicyclic) bond motifs is 1. The topological polar surface area (TPSA) is 18.5 Å². The van der Waals surface area contributed by atoms with Gasteiger partial charge in [0.05, 0.1) is 0 Å². The standard InChI is InChI=1S/C14H19BrO2/c1-14(2)6-4-5-10-7-11(17-9-16-3)8-12(15)13(10)14/h7-8H,4-6,9H2,1-3H3. The molecule has 2 nitrogen and oxygen atoms in total. The molecule has 1 aromatic rings.